The topological polar surface area (TPSA) is 182 Å². The molecule has 0 radical (unpaired) electrons. The van der Waals surface area contributed by atoms with Gasteiger partial charge in [-0.05, 0) is 11.6 Å². The van der Waals surface area contributed by atoms with Crippen molar-refractivity contribution in [3.05, 3.63) is 44.7 Å². The predicted octanol–water partition coefficient (Wildman–Crippen LogP) is -0.169. The largest absolute Gasteiger partial charge is 0.361 e. The maximum absolute atomic E-state index is 11.2. The summed E-state index contributed by atoms with van der Waals surface area (Å²) in [7, 11) is -9.24. The highest BCUT2D eigenvalue weighted by Crippen LogP contribution is 2.34. The van der Waals surface area contributed by atoms with Crippen LogP contribution >= 0.6 is 0 Å². The second-order valence-electron chi connectivity index (χ2n) is 4.49. The lowest BCUT2D eigenvalue weighted by Crippen LogP contribution is -2.33. The van der Waals surface area contributed by atoms with Crippen LogP contribution in [-0.4, -0.2) is 46.9 Å². The van der Waals surface area contributed by atoms with E-state index in [1.54, 1.807) is 0 Å². The first-order valence-electron chi connectivity index (χ1n) is 5.59. The molecule has 0 aliphatic heterocycles. The van der Waals surface area contributed by atoms with E-state index in [9.17, 15) is 16.8 Å². The molecule has 1 atom stereocenters. The Morgan fingerprint density at radius 3 is 1.95 bits per heavy atom. The summed E-state index contributed by atoms with van der Waals surface area (Å²) >= 11 is 0. The summed E-state index contributed by atoms with van der Waals surface area (Å²) in [6.07, 6.45) is 2.28. The lowest BCUT2D eigenvalue weighted by molar-refractivity contribution is -0.0195. The molecule has 1 unspecified atom stereocenters. The number of hydrogen-bond donors (Lipinski definition) is 2. The number of hydrogen-bond acceptors (Lipinski definition) is 4. The lowest BCUT2D eigenvalue weighted by atomic mass is 9.80. The third-order valence-electron chi connectivity index (χ3n) is 3.13. The number of rotatable bonds is 2. The van der Waals surface area contributed by atoms with Gasteiger partial charge in [0.1, 0.15) is 4.91 Å². The van der Waals surface area contributed by atoms with E-state index in [0.717, 1.165) is 18.2 Å². The highest BCUT2D eigenvalue weighted by molar-refractivity contribution is 7.90. The van der Waals surface area contributed by atoms with Crippen molar-refractivity contribution in [3.8, 4) is 0 Å². The van der Waals surface area contributed by atoms with Crippen LogP contribution in [0.2, 0.25) is 0 Å². The summed E-state index contributed by atoms with van der Waals surface area (Å²) in [6, 6.07) is 0. The number of fused-ring (bicyclic) bond motifs is 1. The standard InChI is InChI=1S/C10H8N4O6S2/c11-13-8-3-6(21(15,16)17)1-5-2-7(22(18,19)20)4-9(14-12)10(5)8/h1,3-4,10H,2H2,(H,15,16,17)(H,18,19,20). The van der Waals surface area contributed by atoms with Gasteiger partial charge in [0.2, 0.25) is 0 Å². The van der Waals surface area contributed by atoms with Crippen LogP contribution in [0, 0.1) is 5.92 Å². The van der Waals surface area contributed by atoms with Gasteiger partial charge < -0.3 is 11.1 Å². The Kier molecular flexibility index (Phi) is 3.83. The molecule has 0 aromatic carbocycles. The fraction of sp³-hybridized carbons (Fsp3) is 0.200. The van der Waals surface area contributed by atoms with Crippen LogP contribution in [-0.2, 0) is 20.2 Å². The monoisotopic (exact) mass is 344 g/mol. The zero-order valence-corrected chi connectivity index (χ0v) is 12.3. The Hall–Kier alpha value is -2.20. The summed E-state index contributed by atoms with van der Waals surface area (Å²) in [4.78, 5) is 4.59. The highest BCUT2D eigenvalue weighted by atomic mass is 32.2. The van der Waals surface area contributed by atoms with Gasteiger partial charge in [-0.15, -0.1) is 0 Å². The fourth-order valence-electron chi connectivity index (χ4n) is 2.21. The maximum Gasteiger partial charge on any atom is 0.312 e. The molecular weight excluding hydrogens is 336 g/mol. The van der Waals surface area contributed by atoms with Gasteiger partial charge in [-0.25, -0.2) is 0 Å². The molecule has 22 heavy (non-hydrogen) atoms. The quantitative estimate of drug-likeness (QED) is 0.398. The second kappa shape index (κ2) is 5.21. The average Bonchev–Trinajstić information content (AvgIpc) is 2.42. The third-order valence-corrected chi connectivity index (χ3v) is 4.88. The van der Waals surface area contributed by atoms with Crippen molar-refractivity contribution in [2.24, 2.45) is 5.92 Å². The molecule has 0 bridgehead atoms. The van der Waals surface area contributed by atoms with Crippen molar-refractivity contribution in [2.75, 3.05) is 0 Å². The molecule has 12 heteroatoms. The average molecular weight is 344 g/mol. The van der Waals surface area contributed by atoms with E-state index in [0.29, 0.717) is 0 Å². The lowest BCUT2D eigenvalue weighted by Gasteiger charge is -2.20. The van der Waals surface area contributed by atoms with Crippen LogP contribution in [0.3, 0.4) is 0 Å². The molecule has 0 amide bonds. The van der Waals surface area contributed by atoms with Gasteiger partial charge in [-0.2, -0.15) is 26.4 Å². The molecule has 2 aliphatic rings. The normalized spacial score (nSPS) is 21.9. The molecule has 0 aromatic heterocycles. The summed E-state index contributed by atoms with van der Waals surface area (Å²) < 4.78 is 62.9. The summed E-state index contributed by atoms with van der Waals surface area (Å²) in [5.74, 6) is -1.01. The molecule has 2 N–H and O–H groups in total. The van der Waals surface area contributed by atoms with Gasteiger partial charge in [0.15, 0.2) is 5.92 Å². The molecule has 0 spiro atoms. The molecule has 0 saturated heterocycles. The van der Waals surface area contributed by atoms with Crippen LogP contribution in [0.25, 0.3) is 11.1 Å². The third kappa shape index (κ3) is 2.88. The van der Waals surface area contributed by atoms with Crippen molar-refractivity contribution in [1.82, 2.24) is 0 Å². The molecule has 0 aromatic rings. The van der Waals surface area contributed by atoms with Gasteiger partial charge in [0.05, 0.1) is 4.91 Å². The maximum atomic E-state index is 11.2. The van der Waals surface area contributed by atoms with Gasteiger partial charge in [-0.1, -0.05) is 0 Å². The zero-order valence-electron chi connectivity index (χ0n) is 10.6. The van der Waals surface area contributed by atoms with Gasteiger partial charge in [0, 0.05) is 18.6 Å². The minimum Gasteiger partial charge on any atom is -0.361 e. The number of nitrogens with zero attached hydrogens (tertiary/aromatic N) is 4. The first-order valence-corrected chi connectivity index (χ1v) is 8.47. The summed E-state index contributed by atoms with van der Waals surface area (Å²) in [6.45, 7) is 0. The van der Waals surface area contributed by atoms with E-state index in [2.05, 4.69) is 9.58 Å². The van der Waals surface area contributed by atoms with Crippen LogP contribution in [0.4, 0.5) is 0 Å². The van der Waals surface area contributed by atoms with E-state index < -0.39 is 42.4 Å². The van der Waals surface area contributed by atoms with Crippen LogP contribution in [0.5, 0.6) is 0 Å². The second-order valence-corrected chi connectivity index (χ2v) is 7.38. The minimum atomic E-state index is -4.64. The first kappa shape index (κ1) is 16.2. The SMILES string of the molecule is [N-]=[N+]=C1C=C(S(=O)(=O)O)C=C2CC(S(=O)(=O)O)=CC(=[N+]=[N-])C21. The Morgan fingerprint density at radius 2 is 1.50 bits per heavy atom. The Morgan fingerprint density at radius 1 is 0.955 bits per heavy atom. The summed E-state index contributed by atoms with van der Waals surface area (Å²) in [5, 5.41) is 0. The molecule has 0 heterocycles. The van der Waals surface area contributed by atoms with Gasteiger partial charge >= 0.3 is 11.4 Å². The molecule has 116 valence electrons. The molecular formula is C10H8N4O6S2. The minimum absolute atomic E-state index is 0.0471. The zero-order chi connectivity index (χ0) is 16.7. The molecule has 2 rings (SSSR count). The Labute approximate surface area is 124 Å². The van der Waals surface area contributed by atoms with E-state index in [1.165, 1.54) is 0 Å². The molecule has 2 aliphatic carbocycles. The van der Waals surface area contributed by atoms with E-state index in [4.69, 9.17) is 20.2 Å². The van der Waals surface area contributed by atoms with Crippen molar-refractivity contribution in [1.29, 1.82) is 0 Å². The smallest absolute Gasteiger partial charge is 0.312 e. The predicted molar refractivity (Wildman–Crippen MR) is 72.7 cm³/mol. The highest BCUT2D eigenvalue weighted by Gasteiger charge is 2.44. The first-order chi connectivity index (χ1) is 10.1. The van der Waals surface area contributed by atoms with Gasteiger partial charge in [-0.3, -0.25) is 9.11 Å². The van der Waals surface area contributed by atoms with Crippen LogP contribution in [0.15, 0.2) is 33.6 Å². The van der Waals surface area contributed by atoms with Crippen LogP contribution < -0.4 is 0 Å². The van der Waals surface area contributed by atoms with Crippen molar-refractivity contribution in [3.63, 3.8) is 0 Å². The van der Waals surface area contributed by atoms with E-state index in [-0.39, 0.29) is 17.0 Å². The molecule has 0 fully saturated rings. The summed E-state index contributed by atoms with van der Waals surface area (Å²) in [5.41, 5.74) is 17.4. The van der Waals surface area contributed by atoms with Crippen LogP contribution in [0.1, 0.15) is 6.42 Å². The van der Waals surface area contributed by atoms with E-state index in [1.807, 2.05) is 0 Å². The van der Waals surface area contributed by atoms with Crippen molar-refractivity contribution in [2.45, 2.75) is 6.42 Å². The Balaban J connectivity index is 2.73. The Bertz CT molecular complexity index is 957. The van der Waals surface area contributed by atoms with E-state index >= 15 is 0 Å². The van der Waals surface area contributed by atoms with Crippen molar-refractivity contribution >= 4 is 31.7 Å². The number of allylic oxidation sites excluding steroid dienone is 5. The van der Waals surface area contributed by atoms with Gasteiger partial charge in [0.25, 0.3) is 20.2 Å². The van der Waals surface area contributed by atoms with Crippen molar-refractivity contribution < 1.29 is 35.5 Å². The molecule has 10 nitrogen and oxygen atoms in total. The molecule has 0 saturated carbocycles. The fourth-order valence-corrected chi connectivity index (χ4v) is 3.40.